The molecule has 2 atom stereocenters. The van der Waals surface area contributed by atoms with Gasteiger partial charge in [0.05, 0.1) is 27.6 Å². The molecule has 0 bridgehead atoms. The minimum Gasteiger partial charge on any atom is -0.352 e. The number of carbonyl (C=O) groups is 2. The molecule has 2 aromatic carbocycles. The first-order chi connectivity index (χ1) is 12.0. The molecule has 2 unspecified atom stereocenters. The van der Waals surface area contributed by atoms with E-state index in [-0.39, 0.29) is 23.7 Å². The Hall–Kier alpha value is -1.75. The van der Waals surface area contributed by atoms with E-state index >= 15 is 0 Å². The molecule has 0 saturated heterocycles. The summed E-state index contributed by atoms with van der Waals surface area (Å²) in [6.45, 7) is 0.404. The van der Waals surface area contributed by atoms with Gasteiger partial charge in [-0.2, -0.15) is 0 Å². The first-order valence-electron chi connectivity index (χ1n) is 7.72. The molecule has 4 nitrogen and oxygen atoms in total. The summed E-state index contributed by atoms with van der Waals surface area (Å²) in [4.78, 5) is 24.4. The molecule has 25 heavy (non-hydrogen) atoms. The molecular formula is C18H15Cl3N2O2. The van der Waals surface area contributed by atoms with E-state index in [1.165, 1.54) is 0 Å². The van der Waals surface area contributed by atoms with Crippen LogP contribution in [0, 0.1) is 11.8 Å². The van der Waals surface area contributed by atoms with Crippen LogP contribution in [0.3, 0.4) is 0 Å². The number of rotatable bonds is 5. The topological polar surface area (TPSA) is 58.2 Å². The molecule has 7 heteroatoms. The Kier molecular flexibility index (Phi) is 5.52. The molecule has 1 aliphatic rings. The standard InChI is InChI=1S/C18H15Cl3N2O2/c19-11-6-4-10(5-7-11)9-22-17(24)12-8-13(12)18(25)23-15-3-1-2-14(20)16(15)21/h1-7,12-13H,8-9H2,(H,22,24)(H,23,25). The van der Waals surface area contributed by atoms with Crippen molar-refractivity contribution in [1.29, 1.82) is 0 Å². The smallest absolute Gasteiger partial charge is 0.228 e. The number of benzene rings is 2. The molecule has 1 fully saturated rings. The van der Waals surface area contributed by atoms with Crippen LogP contribution in [0.15, 0.2) is 42.5 Å². The summed E-state index contributed by atoms with van der Waals surface area (Å²) < 4.78 is 0. The third-order valence-electron chi connectivity index (χ3n) is 4.05. The van der Waals surface area contributed by atoms with Gasteiger partial charge in [-0.25, -0.2) is 0 Å². The Morgan fingerprint density at radius 1 is 0.960 bits per heavy atom. The van der Waals surface area contributed by atoms with Gasteiger partial charge < -0.3 is 10.6 Å². The number of hydrogen-bond donors (Lipinski definition) is 2. The van der Waals surface area contributed by atoms with Crippen LogP contribution < -0.4 is 10.6 Å². The van der Waals surface area contributed by atoms with Gasteiger partial charge in [0, 0.05) is 11.6 Å². The zero-order valence-corrected chi connectivity index (χ0v) is 15.3. The molecule has 2 N–H and O–H groups in total. The van der Waals surface area contributed by atoms with E-state index < -0.39 is 0 Å². The largest absolute Gasteiger partial charge is 0.352 e. The molecule has 0 aliphatic heterocycles. The van der Waals surface area contributed by atoms with Crippen LogP contribution >= 0.6 is 34.8 Å². The van der Waals surface area contributed by atoms with Gasteiger partial charge in [-0.1, -0.05) is 53.0 Å². The third kappa shape index (κ3) is 4.46. The lowest BCUT2D eigenvalue weighted by Crippen LogP contribution is -2.27. The molecule has 2 aromatic rings. The monoisotopic (exact) mass is 396 g/mol. The van der Waals surface area contributed by atoms with Crippen molar-refractivity contribution in [2.24, 2.45) is 11.8 Å². The average molecular weight is 398 g/mol. The Morgan fingerprint density at radius 3 is 2.36 bits per heavy atom. The van der Waals surface area contributed by atoms with Crippen molar-refractivity contribution in [3.63, 3.8) is 0 Å². The van der Waals surface area contributed by atoms with E-state index in [1.807, 2.05) is 12.1 Å². The fourth-order valence-electron chi connectivity index (χ4n) is 2.52. The Balaban J connectivity index is 1.51. The summed E-state index contributed by atoms with van der Waals surface area (Å²) in [5, 5.41) is 6.88. The second kappa shape index (κ2) is 7.65. The molecule has 0 spiro atoms. The van der Waals surface area contributed by atoms with Gasteiger partial charge in [-0.05, 0) is 36.2 Å². The highest BCUT2D eigenvalue weighted by atomic mass is 35.5. The maximum absolute atomic E-state index is 12.3. The number of carbonyl (C=O) groups excluding carboxylic acids is 2. The van der Waals surface area contributed by atoms with E-state index in [4.69, 9.17) is 34.8 Å². The lowest BCUT2D eigenvalue weighted by atomic mass is 10.2. The van der Waals surface area contributed by atoms with Crippen LogP contribution in [-0.2, 0) is 16.1 Å². The highest BCUT2D eigenvalue weighted by molar-refractivity contribution is 6.44. The predicted octanol–water partition coefficient (Wildman–Crippen LogP) is 4.54. The maximum Gasteiger partial charge on any atom is 0.228 e. The maximum atomic E-state index is 12.3. The SMILES string of the molecule is O=C(NCc1ccc(Cl)cc1)C1CC1C(=O)Nc1cccc(Cl)c1Cl. The molecular weight excluding hydrogens is 383 g/mol. The summed E-state index contributed by atoms with van der Waals surface area (Å²) in [6.07, 6.45) is 0.524. The molecule has 1 saturated carbocycles. The van der Waals surface area contributed by atoms with Crippen LogP contribution in [0.5, 0.6) is 0 Å². The van der Waals surface area contributed by atoms with E-state index in [0.717, 1.165) is 5.56 Å². The van der Waals surface area contributed by atoms with E-state index in [2.05, 4.69) is 10.6 Å². The zero-order chi connectivity index (χ0) is 18.0. The van der Waals surface area contributed by atoms with Gasteiger partial charge in [0.15, 0.2) is 0 Å². The minimum absolute atomic E-state index is 0.132. The van der Waals surface area contributed by atoms with Crippen molar-refractivity contribution >= 4 is 52.3 Å². The summed E-state index contributed by atoms with van der Waals surface area (Å²) in [5.74, 6) is -1.02. The van der Waals surface area contributed by atoms with Gasteiger partial charge in [-0.15, -0.1) is 0 Å². The fourth-order valence-corrected chi connectivity index (χ4v) is 3.00. The second-order valence-electron chi connectivity index (χ2n) is 5.88. The van der Waals surface area contributed by atoms with Gasteiger partial charge in [0.25, 0.3) is 0 Å². The summed E-state index contributed by atoms with van der Waals surface area (Å²) in [6, 6.07) is 12.2. The van der Waals surface area contributed by atoms with Crippen LogP contribution in [0.1, 0.15) is 12.0 Å². The number of amides is 2. The van der Waals surface area contributed by atoms with Gasteiger partial charge in [-0.3, -0.25) is 9.59 Å². The number of anilines is 1. The summed E-state index contributed by atoms with van der Waals surface area (Å²) in [7, 11) is 0. The molecule has 0 heterocycles. The lowest BCUT2D eigenvalue weighted by molar-refractivity contribution is -0.125. The molecule has 130 valence electrons. The number of halogens is 3. The van der Waals surface area contributed by atoms with Crippen molar-refractivity contribution in [3.8, 4) is 0 Å². The number of hydrogen-bond acceptors (Lipinski definition) is 2. The highest BCUT2D eigenvalue weighted by Gasteiger charge is 2.48. The van der Waals surface area contributed by atoms with Crippen LogP contribution in [0.2, 0.25) is 15.1 Å². The molecule has 1 aliphatic carbocycles. The van der Waals surface area contributed by atoms with Crippen molar-refractivity contribution in [1.82, 2.24) is 5.32 Å². The van der Waals surface area contributed by atoms with Crippen LogP contribution in [-0.4, -0.2) is 11.8 Å². The highest BCUT2D eigenvalue weighted by Crippen LogP contribution is 2.40. The van der Waals surface area contributed by atoms with Crippen molar-refractivity contribution in [3.05, 3.63) is 63.1 Å². The fraction of sp³-hybridized carbons (Fsp3) is 0.222. The van der Waals surface area contributed by atoms with E-state index in [0.29, 0.717) is 33.7 Å². The van der Waals surface area contributed by atoms with E-state index in [9.17, 15) is 9.59 Å². The van der Waals surface area contributed by atoms with Crippen molar-refractivity contribution in [2.45, 2.75) is 13.0 Å². The van der Waals surface area contributed by atoms with Crippen molar-refractivity contribution < 1.29 is 9.59 Å². The van der Waals surface area contributed by atoms with Gasteiger partial charge in [0.2, 0.25) is 11.8 Å². The minimum atomic E-state index is -0.347. The van der Waals surface area contributed by atoms with Crippen molar-refractivity contribution in [2.75, 3.05) is 5.32 Å². The Bertz CT molecular complexity index is 808. The summed E-state index contributed by atoms with van der Waals surface area (Å²) >= 11 is 17.8. The average Bonchev–Trinajstić information content (AvgIpc) is 3.39. The molecule has 3 rings (SSSR count). The van der Waals surface area contributed by atoms with E-state index in [1.54, 1.807) is 30.3 Å². The predicted molar refractivity (Wildman–Crippen MR) is 100.0 cm³/mol. The molecule has 0 radical (unpaired) electrons. The van der Waals surface area contributed by atoms with Crippen LogP contribution in [0.25, 0.3) is 0 Å². The van der Waals surface area contributed by atoms with Gasteiger partial charge in [0.1, 0.15) is 0 Å². The number of nitrogens with one attached hydrogen (secondary N) is 2. The zero-order valence-electron chi connectivity index (χ0n) is 13.1. The summed E-state index contributed by atoms with van der Waals surface area (Å²) in [5.41, 5.74) is 1.40. The molecule has 0 aromatic heterocycles. The molecule has 2 amide bonds. The van der Waals surface area contributed by atoms with Gasteiger partial charge >= 0.3 is 0 Å². The Morgan fingerprint density at radius 2 is 1.64 bits per heavy atom. The van der Waals surface area contributed by atoms with Crippen LogP contribution in [0.4, 0.5) is 5.69 Å². The second-order valence-corrected chi connectivity index (χ2v) is 7.11. The quantitative estimate of drug-likeness (QED) is 0.778. The first-order valence-corrected chi connectivity index (χ1v) is 8.86. The first kappa shape index (κ1) is 18.1. The lowest BCUT2D eigenvalue weighted by Gasteiger charge is -2.08. The Labute approximate surface area is 160 Å². The third-order valence-corrected chi connectivity index (χ3v) is 5.12. The normalized spacial score (nSPS) is 18.5.